The lowest BCUT2D eigenvalue weighted by atomic mass is 9.87. The van der Waals surface area contributed by atoms with Crippen molar-refractivity contribution < 1.29 is 9.47 Å². The van der Waals surface area contributed by atoms with Gasteiger partial charge in [-0.2, -0.15) is 0 Å². The van der Waals surface area contributed by atoms with Gasteiger partial charge in [-0.05, 0) is 77.5 Å². The van der Waals surface area contributed by atoms with Crippen molar-refractivity contribution in [3.63, 3.8) is 0 Å². The van der Waals surface area contributed by atoms with Crippen molar-refractivity contribution in [1.82, 2.24) is 0 Å². The summed E-state index contributed by atoms with van der Waals surface area (Å²) in [5.74, 6) is 2.13. The Morgan fingerprint density at radius 1 is 0.842 bits per heavy atom. The second-order valence-electron chi connectivity index (χ2n) is 7.20. The molecule has 0 saturated carbocycles. The zero-order valence-corrected chi connectivity index (χ0v) is 12.7. The van der Waals surface area contributed by atoms with Crippen LogP contribution in [-0.4, -0.2) is 11.2 Å². The number of benzene rings is 1. The van der Waals surface area contributed by atoms with Crippen molar-refractivity contribution in [2.75, 3.05) is 0 Å². The van der Waals surface area contributed by atoms with Crippen LogP contribution in [0.15, 0.2) is 6.07 Å². The van der Waals surface area contributed by atoms with Gasteiger partial charge in [-0.25, -0.2) is 0 Å². The first kappa shape index (κ1) is 12.8. The Bertz CT molecular complexity index is 482. The summed E-state index contributed by atoms with van der Waals surface area (Å²) in [5.41, 5.74) is 3.79. The lowest BCUT2D eigenvalue weighted by Crippen LogP contribution is -2.35. The molecule has 1 aromatic carbocycles. The molecular weight excluding hydrogens is 236 g/mol. The monoisotopic (exact) mass is 260 g/mol. The summed E-state index contributed by atoms with van der Waals surface area (Å²) in [6, 6.07) is 2.31. The molecule has 2 heterocycles. The van der Waals surface area contributed by atoms with Crippen molar-refractivity contribution >= 4 is 0 Å². The summed E-state index contributed by atoms with van der Waals surface area (Å²) in [6.07, 6.45) is 4.40. The SMILES string of the molecule is Cc1c2c(cc3c1OC(C)(C)CC3)CCC(C)(C)O2. The Kier molecular flexibility index (Phi) is 2.64. The molecule has 104 valence electrons. The van der Waals surface area contributed by atoms with Crippen molar-refractivity contribution in [1.29, 1.82) is 0 Å². The smallest absolute Gasteiger partial charge is 0.129 e. The molecule has 0 spiro atoms. The quantitative estimate of drug-likeness (QED) is 0.696. The van der Waals surface area contributed by atoms with Gasteiger partial charge in [-0.3, -0.25) is 0 Å². The standard InChI is InChI=1S/C17H24O2/c1-11-14-12(6-8-16(2,3)18-14)10-13-7-9-17(4,5)19-15(11)13/h10H,6-9H2,1-5H3. The van der Waals surface area contributed by atoms with Crippen LogP contribution in [0.1, 0.15) is 57.2 Å². The summed E-state index contributed by atoms with van der Waals surface area (Å²) in [4.78, 5) is 0. The van der Waals surface area contributed by atoms with Gasteiger partial charge in [-0.1, -0.05) is 0 Å². The lowest BCUT2D eigenvalue weighted by Gasteiger charge is -2.38. The molecule has 2 aliphatic rings. The highest BCUT2D eigenvalue weighted by molar-refractivity contribution is 5.56. The lowest BCUT2D eigenvalue weighted by molar-refractivity contribution is 0.0718. The highest BCUT2D eigenvalue weighted by Gasteiger charge is 2.33. The molecule has 2 heteroatoms. The van der Waals surface area contributed by atoms with E-state index in [1.165, 1.54) is 16.7 Å². The van der Waals surface area contributed by atoms with Gasteiger partial charge in [-0.15, -0.1) is 0 Å². The van der Waals surface area contributed by atoms with Gasteiger partial charge in [0.25, 0.3) is 0 Å². The zero-order chi connectivity index (χ0) is 13.8. The maximum Gasteiger partial charge on any atom is 0.129 e. The van der Waals surface area contributed by atoms with E-state index in [1.54, 1.807) is 0 Å². The normalized spacial score (nSPS) is 22.8. The summed E-state index contributed by atoms with van der Waals surface area (Å²) in [7, 11) is 0. The summed E-state index contributed by atoms with van der Waals surface area (Å²) in [6.45, 7) is 10.8. The predicted octanol–water partition coefficient (Wildman–Crippen LogP) is 4.20. The summed E-state index contributed by atoms with van der Waals surface area (Å²) >= 11 is 0. The van der Waals surface area contributed by atoms with E-state index in [-0.39, 0.29) is 11.2 Å². The van der Waals surface area contributed by atoms with Gasteiger partial charge in [0.1, 0.15) is 22.7 Å². The van der Waals surface area contributed by atoms with Crippen molar-refractivity contribution in [3.05, 3.63) is 22.8 Å². The predicted molar refractivity (Wildman–Crippen MR) is 77.2 cm³/mol. The number of fused-ring (bicyclic) bond motifs is 2. The molecular formula is C17H24O2. The van der Waals surface area contributed by atoms with Crippen molar-refractivity contribution in [2.45, 2.75) is 71.5 Å². The van der Waals surface area contributed by atoms with Crippen LogP contribution < -0.4 is 9.47 Å². The molecule has 0 amide bonds. The van der Waals surface area contributed by atoms with Gasteiger partial charge >= 0.3 is 0 Å². The van der Waals surface area contributed by atoms with E-state index >= 15 is 0 Å². The molecule has 0 fully saturated rings. The number of ether oxygens (including phenoxy) is 2. The number of hydrogen-bond acceptors (Lipinski definition) is 2. The van der Waals surface area contributed by atoms with Crippen LogP contribution in [0.5, 0.6) is 11.5 Å². The van der Waals surface area contributed by atoms with Crippen LogP contribution in [0.4, 0.5) is 0 Å². The topological polar surface area (TPSA) is 18.5 Å². The largest absolute Gasteiger partial charge is 0.487 e. The fraction of sp³-hybridized carbons (Fsp3) is 0.647. The summed E-state index contributed by atoms with van der Waals surface area (Å²) in [5, 5.41) is 0. The number of hydrogen-bond donors (Lipinski definition) is 0. The number of aryl methyl sites for hydroxylation is 2. The van der Waals surface area contributed by atoms with E-state index in [2.05, 4.69) is 40.7 Å². The van der Waals surface area contributed by atoms with Gasteiger partial charge in [0, 0.05) is 5.56 Å². The molecule has 0 saturated heterocycles. The Morgan fingerprint density at radius 3 is 1.68 bits per heavy atom. The Morgan fingerprint density at radius 2 is 1.26 bits per heavy atom. The van der Waals surface area contributed by atoms with E-state index in [0.29, 0.717) is 0 Å². The fourth-order valence-corrected chi connectivity index (χ4v) is 3.11. The van der Waals surface area contributed by atoms with Gasteiger partial charge in [0.05, 0.1) is 0 Å². The second-order valence-corrected chi connectivity index (χ2v) is 7.20. The van der Waals surface area contributed by atoms with Crippen molar-refractivity contribution in [3.8, 4) is 11.5 Å². The third-order valence-corrected chi connectivity index (χ3v) is 4.36. The molecule has 0 N–H and O–H groups in total. The maximum atomic E-state index is 6.20. The number of rotatable bonds is 0. The van der Waals surface area contributed by atoms with Crippen LogP contribution in [0.3, 0.4) is 0 Å². The molecule has 0 unspecified atom stereocenters. The molecule has 3 rings (SSSR count). The Hall–Kier alpha value is -1.18. The molecule has 0 bridgehead atoms. The van der Waals surface area contributed by atoms with Crippen molar-refractivity contribution in [2.24, 2.45) is 0 Å². The van der Waals surface area contributed by atoms with Gasteiger partial charge < -0.3 is 9.47 Å². The van der Waals surface area contributed by atoms with Crippen LogP contribution in [0.2, 0.25) is 0 Å². The van der Waals surface area contributed by atoms with E-state index in [1.807, 2.05) is 0 Å². The highest BCUT2D eigenvalue weighted by atomic mass is 16.5. The first-order valence-corrected chi connectivity index (χ1v) is 7.31. The first-order valence-electron chi connectivity index (χ1n) is 7.31. The molecule has 0 aliphatic carbocycles. The molecule has 1 aromatic rings. The highest BCUT2D eigenvalue weighted by Crippen LogP contribution is 2.45. The third-order valence-electron chi connectivity index (χ3n) is 4.36. The molecule has 0 atom stereocenters. The third kappa shape index (κ3) is 2.22. The maximum absolute atomic E-state index is 6.20. The summed E-state index contributed by atoms with van der Waals surface area (Å²) < 4.78 is 12.4. The Balaban J connectivity index is 2.09. The minimum absolute atomic E-state index is 0.0593. The first-order chi connectivity index (χ1) is 8.77. The molecule has 2 nitrogen and oxygen atoms in total. The second kappa shape index (κ2) is 3.91. The van der Waals surface area contributed by atoms with Gasteiger partial charge in [0.2, 0.25) is 0 Å². The van der Waals surface area contributed by atoms with Gasteiger partial charge in [0.15, 0.2) is 0 Å². The van der Waals surface area contributed by atoms with Crippen LogP contribution >= 0.6 is 0 Å². The minimum atomic E-state index is -0.0593. The van der Waals surface area contributed by atoms with E-state index in [4.69, 9.17) is 9.47 Å². The fourth-order valence-electron chi connectivity index (χ4n) is 3.11. The minimum Gasteiger partial charge on any atom is -0.487 e. The average Bonchev–Trinajstić information content (AvgIpc) is 2.30. The average molecular weight is 260 g/mol. The van der Waals surface area contributed by atoms with Crippen LogP contribution in [0, 0.1) is 6.92 Å². The van der Waals surface area contributed by atoms with Crippen LogP contribution in [0.25, 0.3) is 0 Å². The van der Waals surface area contributed by atoms with E-state index in [9.17, 15) is 0 Å². The Labute approximate surface area is 116 Å². The van der Waals surface area contributed by atoms with E-state index < -0.39 is 0 Å². The molecule has 2 aliphatic heterocycles. The zero-order valence-electron chi connectivity index (χ0n) is 12.7. The molecule has 19 heavy (non-hydrogen) atoms. The molecule has 0 aromatic heterocycles. The molecule has 0 radical (unpaired) electrons. The van der Waals surface area contributed by atoms with Crippen LogP contribution in [-0.2, 0) is 12.8 Å². The van der Waals surface area contributed by atoms with E-state index in [0.717, 1.165) is 37.2 Å².